The Kier molecular flexibility index (Phi) is 9.94. The van der Waals surface area contributed by atoms with Gasteiger partial charge in [0.15, 0.2) is 0 Å². The molecule has 41 heavy (non-hydrogen) atoms. The lowest BCUT2D eigenvalue weighted by Gasteiger charge is -2.32. The number of anilines is 1. The summed E-state index contributed by atoms with van der Waals surface area (Å²) in [7, 11) is -4.29. The minimum atomic E-state index is -4.29. The molecule has 218 valence electrons. The molecule has 0 aliphatic heterocycles. The molecular formula is C30H32Cl2FN3O4S. The molecular weight excluding hydrogens is 588 g/mol. The van der Waals surface area contributed by atoms with Gasteiger partial charge in [0.25, 0.3) is 10.0 Å². The number of hydrogen-bond donors (Lipinski definition) is 1. The fourth-order valence-electron chi connectivity index (χ4n) is 4.80. The lowest BCUT2D eigenvalue weighted by atomic mass is 10.1. The molecule has 1 atom stereocenters. The van der Waals surface area contributed by atoms with Crippen LogP contribution in [-0.4, -0.2) is 43.8 Å². The second-order valence-corrected chi connectivity index (χ2v) is 12.9. The minimum Gasteiger partial charge on any atom is -0.352 e. The van der Waals surface area contributed by atoms with Crippen molar-refractivity contribution in [2.45, 2.75) is 63.1 Å². The number of amides is 2. The van der Waals surface area contributed by atoms with Gasteiger partial charge in [-0.2, -0.15) is 0 Å². The third-order valence-corrected chi connectivity index (χ3v) is 9.81. The zero-order chi connectivity index (χ0) is 29.7. The number of benzene rings is 3. The highest BCUT2D eigenvalue weighted by molar-refractivity contribution is 7.92. The average molecular weight is 621 g/mol. The van der Waals surface area contributed by atoms with Crippen molar-refractivity contribution in [3.63, 3.8) is 0 Å². The largest absolute Gasteiger partial charge is 0.352 e. The van der Waals surface area contributed by atoms with Gasteiger partial charge in [-0.15, -0.1) is 0 Å². The molecule has 1 aliphatic carbocycles. The lowest BCUT2D eigenvalue weighted by molar-refractivity contribution is -0.139. The molecule has 3 aromatic carbocycles. The smallest absolute Gasteiger partial charge is 0.264 e. The molecule has 0 saturated heterocycles. The second kappa shape index (κ2) is 13.2. The van der Waals surface area contributed by atoms with Crippen molar-refractivity contribution < 1.29 is 22.4 Å². The number of nitrogens with one attached hydrogen (secondary N) is 1. The molecule has 1 saturated carbocycles. The Morgan fingerprint density at radius 1 is 1.00 bits per heavy atom. The van der Waals surface area contributed by atoms with Gasteiger partial charge in [-0.3, -0.25) is 13.9 Å². The minimum absolute atomic E-state index is 0.0244. The van der Waals surface area contributed by atoms with E-state index in [1.165, 1.54) is 53.4 Å². The van der Waals surface area contributed by atoms with Crippen molar-refractivity contribution in [1.82, 2.24) is 10.2 Å². The fourth-order valence-corrected chi connectivity index (χ4v) is 6.67. The highest BCUT2D eigenvalue weighted by Gasteiger charge is 2.34. The summed E-state index contributed by atoms with van der Waals surface area (Å²) in [6, 6.07) is 15.4. The summed E-state index contributed by atoms with van der Waals surface area (Å²) in [5, 5.41) is 3.09. The molecule has 0 bridgehead atoms. The third-order valence-electron chi connectivity index (χ3n) is 7.22. The monoisotopic (exact) mass is 619 g/mol. The first-order valence-electron chi connectivity index (χ1n) is 13.3. The summed E-state index contributed by atoms with van der Waals surface area (Å²) in [5.74, 6) is -1.43. The van der Waals surface area contributed by atoms with E-state index in [9.17, 15) is 22.4 Å². The van der Waals surface area contributed by atoms with Crippen molar-refractivity contribution in [1.29, 1.82) is 0 Å². The molecule has 1 unspecified atom stereocenters. The van der Waals surface area contributed by atoms with E-state index in [1.54, 1.807) is 25.1 Å². The van der Waals surface area contributed by atoms with Gasteiger partial charge in [-0.05, 0) is 68.7 Å². The number of nitrogens with zero attached hydrogens (tertiary/aromatic N) is 2. The summed E-state index contributed by atoms with van der Waals surface area (Å²) in [6.45, 7) is 2.73. The van der Waals surface area contributed by atoms with Gasteiger partial charge < -0.3 is 10.2 Å². The first-order valence-corrected chi connectivity index (χ1v) is 15.5. The van der Waals surface area contributed by atoms with E-state index in [1.807, 2.05) is 6.92 Å². The Morgan fingerprint density at radius 2 is 1.63 bits per heavy atom. The Labute approximate surface area is 250 Å². The maximum absolute atomic E-state index is 14.0. The van der Waals surface area contributed by atoms with E-state index in [-0.39, 0.29) is 39.1 Å². The summed E-state index contributed by atoms with van der Waals surface area (Å²) < 4.78 is 42.4. The van der Waals surface area contributed by atoms with Gasteiger partial charge in [-0.1, -0.05) is 71.9 Å². The zero-order valence-corrected chi connectivity index (χ0v) is 25.1. The number of carbonyl (C=O) groups is 2. The molecule has 3 aromatic rings. The fraction of sp³-hybridized carbons (Fsp3) is 0.333. The van der Waals surface area contributed by atoms with Crippen molar-refractivity contribution >= 4 is 50.7 Å². The van der Waals surface area contributed by atoms with Gasteiger partial charge >= 0.3 is 0 Å². The van der Waals surface area contributed by atoms with Crippen LogP contribution in [0.25, 0.3) is 0 Å². The van der Waals surface area contributed by atoms with Crippen LogP contribution in [0.15, 0.2) is 71.6 Å². The normalized spacial score (nSPS) is 14.5. The van der Waals surface area contributed by atoms with Crippen LogP contribution in [0.4, 0.5) is 10.1 Å². The molecule has 7 nitrogen and oxygen atoms in total. The predicted octanol–water partition coefficient (Wildman–Crippen LogP) is 6.11. The van der Waals surface area contributed by atoms with Crippen LogP contribution in [0.3, 0.4) is 0 Å². The van der Waals surface area contributed by atoms with Gasteiger partial charge in [0.05, 0.1) is 20.6 Å². The van der Waals surface area contributed by atoms with Gasteiger partial charge in [-0.25, -0.2) is 12.8 Å². The van der Waals surface area contributed by atoms with Crippen LogP contribution in [0.2, 0.25) is 10.0 Å². The molecule has 1 N–H and O–H groups in total. The molecule has 0 spiro atoms. The highest BCUT2D eigenvalue weighted by Crippen LogP contribution is 2.35. The highest BCUT2D eigenvalue weighted by atomic mass is 35.5. The predicted molar refractivity (Wildman–Crippen MR) is 159 cm³/mol. The van der Waals surface area contributed by atoms with Crippen LogP contribution in [0.1, 0.15) is 43.7 Å². The topological polar surface area (TPSA) is 86.8 Å². The first kappa shape index (κ1) is 30.8. The number of hydrogen-bond acceptors (Lipinski definition) is 4. The second-order valence-electron chi connectivity index (χ2n) is 10.2. The van der Waals surface area contributed by atoms with Gasteiger partial charge in [0, 0.05) is 12.6 Å². The number of carbonyl (C=O) groups excluding carboxylic acids is 2. The van der Waals surface area contributed by atoms with Crippen molar-refractivity contribution in [2.24, 2.45) is 0 Å². The van der Waals surface area contributed by atoms with Crippen LogP contribution in [0, 0.1) is 12.7 Å². The first-order chi connectivity index (χ1) is 19.5. The molecule has 0 radical (unpaired) electrons. The van der Waals surface area contributed by atoms with Crippen LogP contribution in [-0.2, 0) is 26.2 Å². The Hall–Kier alpha value is -3.14. The van der Waals surface area contributed by atoms with Crippen molar-refractivity contribution in [3.8, 4) is 0 Å². The quantitative estimate of drug-likeness (QED) is 0.296. The number of aryl methyl sites for hydroxylation is 1. The lowest BCUT2D eigenvalue weighted by Crippen LogP contribution is -2.52. The number of sulfonamides is 1. The molecule has 0 aromatic heterocycles. The average Bonchev–Trinajstić information content (AvgIpc) is 3.46. The molecule has 4 rings (SSSR count). The summed E-state index contributed by atoms with van der Waals surface area (Å²) in [6.07, 6.45) is 3.76. The number of rotatable bonds is 10. The van der Waals surface area contributed by atoms with Gasteiger partial charge in [0.2, 0.25) is 11.8 Å². The van der Waals surface area contributed by atoms with E-state index < -0.39 is 34.3 Å². The van der Waals surface area contributed by atoms with Crippen molar-refractivity contribution in [3.05, 3.63) is 93.7 Å². The van der Waals surface area contributed by atoms with E-state index in [0.717, 1.165) is 35.6 Å². The van der Waals surface area contributed by atoms with Crippen LogP contribution < -0.4 is 9.62 Å². The molecule has 1 aliphatic rings. The summed E-state index contributed by atoms with van der Waals surface area (Å²) in [4.78, 5) is 28.5. The van der Waals surface area contributed by atoms with E-state index in [0.29, 0.717) is 5.56 Å². The third kappa shape index (κ3) is 7.39. The Morgan fingerprint density at radius 3 is 2.27 bits per heavy atom. The Bertz CT molecular complexity index is 1500. The van der Waals surface area contributed by atoms with E-state index >= 15 is 0 Å². The van der Waals surface area contributed by atoms with Crippen LogP contribution in [0.5, 0.6) is 0 Å². The Balaban J connectivity index is 1.71. The van der Waals surface area contributed by atoms with Gasteiger partial charge in [0.1, 0.15) is 18.4 Å². The maximum Gasteiger partial charge on any atom is 0.264 e. The SMILES string of the molecule is Cc1ccc(S(=O)(=O)N(CC(=O)N(Cc2ccc(F)cc2)C(C)C(=O)NC2CCCC2)c2cccc(Cl)c2Cl)cc1. The summed E-state index contributed by atoms with van der Waals surface area (Å²) in [5.41, 5.74) is 1.46. The number of halogens is 3. The molecule has 2 amide bonds. The van der Waals surface area contributed by atoms with E-state index in [4.69, 9.17) is 23.2 Å². The maximum atomic E-state index is 14.0. The molecule has 11 heteroatoms. The molecule has 0 heterocycles. The zero-order valence-electron chi connectivity index (χ0n) is 22.8. The van der Waals surface area contributed by atoms with Crippen molar-refractivity contribution in [2.75, 3.05) is 10.8 Å². The molecule has 1 fully saturated rings. The standard InChI is InChI=1S/C30H32Cl2FN3O4S/c1-20-10-16-25(17-11-20)41(39,40)36(27-9-5-8-26(31)29(27)32)19-28(37)35(18-22-12-14-23(33)15-13-22)21(2)30(38)34-24-6-3-4-7-24/h5,8-17,21,24H,3-4,6-7,18-19H2,1-2H3,(H,34,38). The summed E-state index contributed by atoms with van der Waals surface area (Å²) >= 11 is 12.7. The van der Waals surface area contributed by atoms with Crippen LogP contribution >= 0.6 is 23.2 Å². The van der Waals surface area contributed by atoms with E-state index in [2.05, 4.69) is 5.32 Å².